The van der Waals surface area contributed by atoms with E-state index in [0.29, 0.717) is 19.6 Å². The van der Waals surface area contributed by atoms with Crippen LogP contribution >= 0.6 is 0 Å². The summed E-state index contributed by atoms with van der Waals surface area (Å²) in [6.45, 7) is 9.85. The fraction of sp³-hybridized carbons (Fsp3) is 0.700. The van der Waals surface area contributed by atoms with Crippen molar-refractivity contribution < 1.29 is 18.7 Å². The Morgan fingerprint density at radius 2 is 2.12 bits per heavy atom. The van der Waals surface area contributed by atoms with Crippen LogP contribution in [0.15, 0.2) is 16.5 Å². The predicted octanol–water partition coefficient (Wildman–Crippen LogP) is 3.07. The summed E-state index contributed by atoms with van der Waals surface area (Å²) in [4.78, 5) is 28.4. The van der Waals surface area contributed by atoms with Crippen molar-refractivity contribution in [3.8, 4) is 0 Å². The lowest BCUT2D eigenvalue weighted by atomic mass is 9.73. The number of nitrogens with zero attached hydrogens (tertiary/aromatic N) is 2. The van der Waals surface area contributed by atoms with Crippen molar-refractivity contribution in [2.45, 2.75) is 59.0 Å². The first kappa shape index (κ1) is 19.0. The van der Waals surface area contributed by atoms with Gasteiger partial charge in [-0.15, -0.1) is 0 Å². The summed E-state index contributed by atoms with van der Waals surface area (Å²) in [5.74, 6) is 0.931. The molecule has 0 unspecified atom stereocenters. The zero-order valence-electron chi connectivity index (χ0n) is 16.1. The predicted molar refractivity (Wildman–Crippen MR) is 97.7 cm³/mol. The summed E-state index contributed by atoms with van der Waals surface area (Å²) in [6, 6.07) is 3.80. The number of piperidine rings is 2. The zero-order chi connectivity index (χ0) is 18.7. The Hall–Kier alpha value is -1.82. The van der Waals surface area contributed by atoms with Gasteiger partial charge in [-0.1, -0.05) is 0 Å². The number of esters is 1. The van der Waals surface area contributed by atoms with Gasteiger partial charge in [-0.3, -0.25) is 9.69 Å². The van der Waals surface area contributed by atoms with Crippen molar-refractivity contribution in [2.75, 3.05) is 26.2 Å². The molecule has 3 heterocycles. The lowest BCUT2D eigenvalue weighted by Gasteiger charge is -2.49. The first-order valence-corrected chi connectivity index (χ1v) is 9.70. The van der Waals surface area contributed by atoms with E-state index in [2.05, 4.69) is 18.7 Å². The summed E-state index contributed by atoms with van der Waals surface area (Å²) < 4.78 is 10.7. The molecule has 1 amide bonds. The van der Waals surface area contributed by atoms with Gasteiger partial charge in [-0.2, -0.15) is 0 Å². The second-order valence-electron chi connectivity index (χ2n) is 7.92. The van der Waals surface area contributed by atoms with Crippen molar-refractivity contribution in [3.05, 3.63) is 23.7 Å². The Labute approximate surface area is 155 Å². The Morgan fingerprint density at radius 3 is 2.85 bits per heavy atom. The van der Waals surface area contributed by atoms with Crippen LogP contribution in [0, 0.1) is 5.41 Å². The standard InChI is InChI=1S/C20H30N2O4/c1-4-25-19(24)17-7-6-16(26-17)12-21-11-5-9-20(13-21)10-8-18(23)22(14-20)15(2)3/h6-7,15H,4-5,8-14H2,1-3H3/t20-/m0/s1. The molecule has 1 aromatic heterocycles. The molecular weight excluding hydrogens is 332 g/mol. The number of likely N-dealkylation sites (tertiary alicyclic amines) is 2. The molecule has 2 fully saturated rings. The molecule has 1 spiro atoms. The summed E-state index contributed by atoms with van der Waals surface area (Å²) in [5.41, 5.74) is 0.187. The van der Waals surface area contributed by atoms with Crippen LogP contribution in [0.25, 0.3) is 0 Å². The normalized spacial score (nSPS) is 24.5. The molecule has 144 valence electrons. The topological polar surface area (TPSA) is 63.0 Å². The monoisotopic (exact) mass is 362 g/mol. The van der Waals surface area contributed by atoms with Gasteiger partial charge < -0.3 is 14.1 Å². The molecule has 2 aliphatic heterocycles. The van der Waals surface area contributed by atoms with Gasteiger partial charge in [0.05, 0.1) is 13.2 Å². The van der Waals surface area contributed by atoms with Gasteiger partial charge in [-0.25, -0.2) is 4.79 Å². The maximum Gasteiger partial charge on any atom is 0.374 e. The molecule has 0 radical (unpaired) electrons. The van der Waals surface area contributed by atoms with Gasteiger partial charge in [0.25, 0.3) is 0 Å². The third-order valence-electron chi connectivity index (χ3n) is 5.58. The Morgan fingerprint density at radius 1 is 1.31 bits per heavy atom. The van der Waals surface area contributed by atoms with Gasteiger partial charge >= 0.3 is 5.97 Å². The second-order valence-corrected chi connectivity index (χ2v) is 7.92. The summed E-state index contributed by atoms with van der Waals surface area (Å²) in [6.07, 6.45) is 3.93. The van der Waals surface area contributed by atoms with E-state index >= 15 is 0 Å². The highest BCUT2D eigenvalue weighted by Crippen LogP contribution is 2.39. The van der Waals surface area contributed by atoms with Crippen LogP contribution in [0.1, 0.15) is 62.8 Å². The third-order valence-corrected chi connectivity index (χ3v) is 5.58. The number of rotatable bonds is 5. The smallest absolute Gasteiger partial charge is 0.374 e. The van der Waals surface area contributed by atoms with Crippen molar-refractivity contribution in [1.82, 2.24) is 9.80 Å². The number of hydrogen-bond donors (Lipinski definition) is 0. The van der Waals surface area contributed by atoms with E-state index in [9.17, 15) is 9.59 Å². The molecule has 2 saturated heterocycles. The minimum absolute atomic E-state index is 0.187. The van der Waals surface area contributed by atoms with Gasteiger partial charge in [0.2, 0.25) is 11.7 Å². The largest absolute Gasteiger partial charge is 0.460 e. The SMILES string of the molecule is CCOC(=O)c1ccc(CN2CCC[C@]3(CCC(=O)N(C(C)C)C3)C2)o1. The van der Waals surface area contributed by atoms with E-state index in [4.69, 9.17) is 9.15 Å². The number of furan rings is 1. The minimum atomic E-state index is -0.410. The van der Waals surface area contributed by atoms with E-state index in [-0.39, 0.29) is 23.1 Å². The van der Waals surface area contributed by atoms with Crippen LogP contribution in [0.3, 0.4) is 0 Å². The van der Waals surface area contributed by atoms with Crippen LogP contribution in [0.2, 0.25) is 0 Å². The van der Waals surface area contributed by atoms with Gasteiger partial charge in [0.15, 0.2) is 0 Å². The fourth-order valence-electron chi connectivity index (χ4n) is 4.29. The summed E-state index contributed by atoms with van der Waals surface area (Å²) >= 11 is 0. The van der Waals surface area contributed by atoms with E-state index in [1.54, 1.807) is 13.0 Å². The van der Waals surface area contributed by atoms with Crippen LogP contribution in [-0.4, -0.2) is 54.0 Å². The Kier molecular flexibility index (Phi) is 5.70. The zero-order valence-corrected chi connectivity index (χ0v) is 16.1. The molecule has 1 atom stereocenters. The molecule has 1 aromatic rings. The highest BCUT2D eigenvalue weighted by molar-refractivity contribution is 5.86. The highest BCUT2D eigenvalue weighted by Gasteiger charge is 2.42. The van der Waals surface area contributed by atoms with Crippen molar-refractivity contribution in [1.29, 1.82) is 0 Å². The average molecular weight is 362 g/mol. The molecule has 0 aliphatic carbocycles. The van der Waals surface area contributed by atoms with Crippen molar-refractivity contribution in [2.24, 2.45) is 5.41 Å². The molecular formula is C20H30N2O4. The molecule has 3 rings (SSSR count). The molecule has 6 nitrogen and oxygen atoms in total. The van der Waals surface area contributed by atoms with Crippen molar-refractivity contribution >= 4 is 11.9 Å². The van der Waals surface area contributed by atoms with Gasteiger partial charge in [0.1, 0.15) is 5.76 Å². The number of hydrogen-bond acceptors (Lipinski definition) is 5. The number of carbonyl (C=O) groups excluding carboxylic acids is 2. The van der Waals surface area contributed by atoms with E-state index < -0.39 is 5.97 Å². The minimum Gasteiger partial charge on any atom is -0.460 e. The lowest BCUT2D eigenvalue weighted by molar-refractivity contribution is -0.141. The lowest BCUT2D eigenvalue weighted by Crippen LogP contribution is -2.55. The number of ether oxygens (including phenoxy) is 1. The second kappa shape index (κ2) is 7.82. The summed E-state index contributed by atoms with van der Waals surface area (Å²) in [5, 5.41) is 0. The van der Waals surface area contributed by atoms with Crippen LogP contribution in [-0.2, 0) is 16.1 Å². The fourth-order valence-corrected chi connectivity index (χ4v) is 4.29. The molecule has 0 bridgehead atoms. The molecule has 26 heavy (non-hydrogen) atoms. The first-order chi connectivity index (χ1) is 12.4. The molecule has 0 N–H and O–H groups in total. The Balaban J connectivity index is 1.64. The molecule has 6 heteroatoms. The molecule has 2 aliphatic rings. The number of amides is 1. The maximum atomic E-state index is 12.2. The third kappa shape index (κ3) is 4.11. The van der Waals surface area contributed by atoms with E-state index in [1.165, 1.54) is 6.42 Å². The first-order valence-electron chi connectivity index (χ1n) is 9.70. The molecule has 0 saturated carbocycles. The average Bonchev–Trinajstić information content (AvgIpc) is 3.06. The highest BCUT2D eigenvalue weighted by atomic mass is 16.5. The summed E-state index contributed by atoms with van der Waals surface area (Å²) in [7, 11) is 0. The Bertz CT molecular complexity index is 654. The molecule has 0 aromatic carbocycles. The van der Waals surface area contributed by atoms with Crippen LogP contribution in [0.5, 0.6) is 0 Å². The van der Waals surface area contributed by atoms with Gasteiger partial charge in [0, 0.05) is 31.0 Å². The van der Waals surface area contributed by atoms with Gasteiger partial charge in [-0.05, 0) is 58.7 Å². The van der Waals surface area contributed by atoms with E-state index in [0.717, 1.165) is 38.2 Å². The van der Waals surface area contributed by atoms with Crippen LogP contribution < -0.4 is 0 Å². The van der Waals surface area contributed by atoms with E-state index in [1.807, 2.05) is 11.0 Å². The maximum absolute atomic E-state index is 12.2. The van der Waals surface area contributed by atoms with Crippen molar-refractivity contribution in [3.63, 3.8) is 0 Å². The quantitative estimate of drug-likeness (QED) is 0.753. The van der Waals surface area contributed by atoms with Crippen LogP contribution in [0.4, 0.5) is 0 Å². The number of carbonyl (C=O) groups is 2.